The number of carbonyl (C=O) groups is 1. The van der Waals surface area contributed by atoms with E-state index in [0.29, 0.717) is 11.5 Å². The van der Waals surface area contributed by atoms with Crippen LogP contribution in [0.3, 0.4) is 0 Å². The Hall–Kier alpha value is -2.79. The molecule has 1 N–H and O–H groups in total. The quantitative estimate of drug-likeness (QED) is 0.874. The molecule has 5 heteroatoms. The number of hydrogen-bond donors (Lipinski definition) is 1. The maximum atomic E-state index is 11.0. The zero-order valence-corrected chi connectivity index (χ0v) is 10.9. The lowest BCUT2D eigenvalue weighted by Crippen LogP contribution is -2.13. The normalized spacial score (nSPS) is 17.1. The summed E-state index contributed by atoms with van der Waals surface area (Å²) in [4.78, 5) is 11.0. The molecule has 2 aromatic rings. The number of rotatable bonds is 4. The average molecular weight is 284 g/mol. The minimum Gasteiger partial charge on any atom is -0.457 e. The fraction of sp³-hybridized carbons (Fsp3) is 0.0625. The molecule has 0 amide bonds. The van der Waals surface area contributed by atoms with Crippen LogP contribution in [0.25, 0.3) is 0 Å². The van der Waals surface area contributed by atoms with Gasteiger partial charge in [0.25, 0.3) is 6.29 Å². The number of ether oxygens (including phenoxy) is 3. The fourth-order valence-corrected chi connectivity index (χ4v) is 1.81. The van der Waals surface area contributed by atoms with Crippen molar-refractivity contribution in [2.75, 3.05) is 0 Å². The number of hydrogen-bond acceptors (Lipinski definition) is 5. The van der Waals surface area contributed by atoms with Gasteiger partial charge < -0.3 is 19.3 Å². The minimum atomic E-state index is -1.35. The summed E-state index contributed by atoms with van der Waals surface area (Å²) in [7, 11) is 0. The third-order valence-electron chi connectivity index (χ3n) is 2.77. The Morgan fingerprint density at radius 2 is 1.43 bits per heavy atom. The van der Waals surface area contributed by atoms with Gasteiger partial charge in [-0.05, 0) is 36.4 Å². The Bertz CT molecular complexity index is 661. The van der Waals surface area contributed by atoms with E-state index in [4.69, 9.17) is 9.47 Å². The number of cyclic esters (lactones) is 1. The average Bonchev–Trinajstić information content (AvgIpc) is 2.80. The first-order chi connectivity index (χ1) is 10.2. The monoisotopic (exact) mass is 284 g/mol. The van der Waals surface area contributed by atoms with Crippen LogP contribution < -0.4 is 9.47 Å². The molecule has 0 spiro atoms. The van der Waals surface area contributed by atoms with Crippen LogP contribution in [-0.2, 0) is 9.53 Å². The Morgan fingerprint density at radius 3 is 2.00 bits per heavy atom. The smallest absolute Gasteiger partial charge is 0.337 e. The summed E-state index contributed by atoms with van der Waals surface area (Å²) in [5, 5.41) is 9.41. The van der Waals surface area contributed by atoms with Crippen LogP contribution in [0.15, 0.2) is 66.4 Å². The number of aliphatic hydroxyl groups excluding tert-OH is 1. The molecule has 21 heavy (non-hydrogen) atoms. The van der Waals surface area contributed by atoms with Gasteiger partial charge in [-0.1, -0.05) is 18.2 Å². The van der Waals surface area contributed by atoms with E-state index in [1.54, 1.807) is 24.3 Å². The molecule has 0 fully saturated rings. The van der Waals surface area contributed by atoms with Crippen molar-refractivity contribution >= 4 is 5.97 Å². The predicted molar refractivity (Wildman–Crippen MR) is 73.8 cm³/mol. The second-order valence-corrected chi connectivity index (χ2v) is 4.32. The van der Waals surface area contributed by atoms with Gasteiger partial charge in [0.15, 0.2) is 5.76 Å². The third-order valence-corrected chi connectivity index (χ3v) is 2.77. The second kappa shape index (κ2) is 5.68. The summed E-state index contributed by atoms with van der Waals surface area (Å²) >= 11 is 0. The molecular weight excluding hydrogens is 272 g/mol. The Labute approximate surface area is 121 Å². The first-order valence-electron chi connectivity index (χ1n) is 6.32. The molecule has 1 aliphatic rings. The molecule has 3 rings (SSSR count). The van der Waals surface area contributed by atoms with Gasteiger partial charge in [-0.15, -0.1) is 0 Å². The highest BCUT2D eigenvalue weighted by atomic mass is 16.7. The molecule has 5 nitrogen and oxygen atoms in total. The van der Waals surface area contributed by atoms with Gasteiger partial charge in [-0.3, -0.25) is 0 Å². The Kier molecular flexibility index (Phi) is 3.57. The van der Waals surface area contributed by atoms with Crippen LogP contribution in [0, 0.1) is 0 Å². The first kappa shape index (κ1) is 13.2. The van der Waals surface area contributed by atoms with E-state index in [-0.39, 0.29) is 5.76 Å². The lowest BCUT2D eigenvalue weighted by molar-refractivity contribution is -0.153. The van der Waals surface area contributed by atoms with Crippen molar-refractivity contribution in [2.45, 2.75) is 6.29 Å². The maximum absolute atomic E-state index is 11.0. The number of benzene rings is 2. The maximum Gasteiger partial charge on any atom is 0.337 e. The van der Waals surface area contributed by atoms with Crippen LogP contribution in [0.5, 0.6) is 17.2 Å². The van der Waals surface area contributed by atoms with E-state index >= 15 is 0 Å². The first-order valence-corrected chi connectivity index (χ1v) is 6.32. The third kappa shape index (κ3) is 3.21. The molecule has 0 radical (unpaired) electrons. The van der Waals surface area contributed by atoms with Crippen LogP contribution in [0.2, 0.25) is 0 Å². The molecule has 106 valence electrons. The van der Waals surface area contributed by atoms with Gasteiger partial charge in [0.05, 0.1) is 6.08 Å². The molecular formula is C16H12O5. The topological polar surface area (TPSA) is 65.0 Å². The summed E-state index contributed by atoms with van der Waals surface area (Å²) in [6, 6.07) is 16.2. The molecule has 1 heterocycles. The van der Waals surface area contributed by atoms with Gasteiger partial charge in [-0.25, -0.2) is 4.79 Å². The highest BCUT2D eigenvalue weighted by molar-refractivity contribution is 5.85. The standard InChI is InChI=1S/C16H12O5/c17-15-10-14(16(18)21-15)20-13-8-6-12(7-9-13)19-11-4-2-1-3-5-11/h1-10,16,18H. The molecule has 0 aliphatic carbocycles. The number of para-hydroxylation sites is 1. The van der Waals surface area contributed by atoms with Crippen molar-refractivity contribution in [2.24, 2.45) is 0 Å². The molecule has 1 aliphatic heterocycles. The molecule has 0 saturated carbocycles. The zero-order valence-electron chi connectivity index (χ0n) is 10.9. The van der Waals surface area contributed by atoms with Crippen molar-refractivity contribution in [3.05, 3.63) is 66.4 Å². The summed E-state index contributed by atoms with van der Waals surface area (Å²) in [6.45, 7) is 0. The SMILES string of the molecule is O=C1C=C(Oc2ccc(Oc3ccccc3)cc2)C(O)O1. The predicted octanol–water partition coefficient (Wildman–Crippen LogP) is 2.62. The zero-order chi connectivity index (χ0) is 14.7. The Morgan fingerprint density at radius 1 is 0.857 bits per heavy atom. The van der Waals surface area contributed by atoms with E-state index in [1.807, 2.05) is 30.3 Å². The van der Waals surface area contributed by atoms with Crippen molar-refractivity contribution in [3.63, 3.8) is 0 Å². The molecule has 1 unspecified atom stereocenters. The molecule has 0 aromatic heterocycles. The summed E-state index contributed by atoms with van der Waals surface area (Å²) < 4.78 is 15.5. The van der Waals surface area contributed by atoms with Crippen LogP contribution in [0.4, 0.5) is 0 Å². The number of esters is 1. The van der Waals surface area contributed by atoms with Crippen molar-refractivity contribution in [3.8, 4) is 17.2 Å². The summed E-state index contributed by atoms with van der Waals surface area (Å²) in [5.41, 5.74) is 0. The highest BCUT2D eigenvalue weighted by Gasteiger charge is 2.25. The lowest BCUT2D eigenvalue weighted by Gasteiger charge is -2.10. The fourth-order valence-electron chi connectivity index (χ4n) is 1.81. The number of aliphatic hydroxyl groups is 1. The molecule has 0 saturated heterocycles. The summed E-state index contributed by atoms with van der Waals surface area (Å²) in [6.07, 6.45) is -0.239. The summed E-state index contributed by atoms with van der Waals surface area (Å²) in [5.74, 6) is 1.30. The van der Waals surface area contributed by atoms with E-state index < -0.39 is 12.3 Å². The Balaban J connectivity index is 1.67. The van der Waals surface area contributed by atoms with Gasteiger partial charge in [0, 0.05) is 0 Å². The van der Waals surface area contributed by atoms with Crippen molar-refractivity contribution < 1.29 is 24.1 Å². The highest BCUT2D eigenvalue weighted by Crippen LogP contribution is 2.25. The van der Waals surface area contributed by atoms with E-state index in [2.05, 4.69) is 4.74 Å². The van der Waals surface area contributed by atoms with E-state index in [1.165, 1.54) is 0 Å². The number of carbonyl (C=O) groups excluding carboxylic acids is 1. The van der Waals surface area contributed by atoms with Gasteiger partial charge in [-0.2, -0.15) is 0 Å². The lowest BCUT2D eigenvalue weighted by atomic mass is 10.3. The largest absolute Gasteiger partial charge is 0.457 e. The minimum absolute atomic E-state index is 0.0664. The molecule has 2 aromatic carbocycles. The van der Waals surface area contributed by atoms with Crippen LogP contribution >= 0.6 is 0 Å². The van der Waals surface area contributed by atoms with Crippen LogP contribution in [0.1, 0.15) is 0 Å². The molecule has 1 atom stereocenters. The molecule has 0 bridgehead atoms. The van der Waals surface area contributed by atoms with Crippen LogP contribution in [-0.4, -0.2) is 17.4 Å². The van der Waals surface area contributed by atoms with E-state index in [0.717, 1.165) is 11.8 Å². The van der Waals surface area contributed by atoms with Gasteiger partial charge >= 0.3 is 5.97 Å². The van der Waals surface area contributed by atoms with E-state index in [9.17, 15) is 9.90 Å². The van der Waals surface area contributed by atoms with Gasteiger partial charge in [0.1, 0.15) is 17.2 Å². The van der Waals surface area contributed by atoms with Gasteiger partial charge in [0.2, 0.25) is 0 Å². The van der Waals surface area contributed by atoms with Crippen molar-refractivity contribution in [1.82, 2.24) is 0 Å². The second-order valence-electron chi connectivity index (χ2n) is 4.32. The van der Waals surface area contributed by atoms with Crippen molar-refractivity contribution in [1.29, 1.82) is 0 Å².